The fourth-order valence-corrected chi connectivity index (χ4v) is 3.31. The molecule has 1 heterocycles. The minimum Gasteiger partial charge on any atom is -0.493 e. The third-order valence-electron chi connectivity index (χ3n) is 3.77. The van der Waals surface area contributed by atoms with Crippen LogP contribution in [0.25, 0.3) is 0 Å². The van der Waals surface area contributed by atoms with Gasteiger partial charge < -0.3 is 9.26 Å². The largest absolute Gasteiger partial charge is 0.493 e. The van der Waals surface area contributed by atoms with Crippen molar-refractivity contribution in [3.8, 4) is 5.75 Å². The lowest BCUT2D eigenvalue weighted by Gasteiger charge is -2.25. The Hall–Kier alpha value is -2.09. The van der Waals surface area contributed by atoms with Crippen LogP contribution < -0.4 is 9.46 Å². The first-order valence-corrected chi connectivity index (χ1v) is 8.81. The molecule has 1 aliphatic carbocycles. The molecule has 1 aromatic heterocycles. The second-order valence-electron chi connectivity index (χ2n) is 5.63. The Balaban J connectivity index is 1.73. The molecule has 2 aromatic rings. The summed E-state index contributed by atoms with van der Waals surface area (Å²) in [7, 11) is -4.08. The molecule has 8 heteroatoms. The summed E-state index contributed by atoms with van der Waals surface area (Å²) in [4.78, 5) is -0.464. The van der Waals surface area contributed by atoms with Gasteiger partial charge in [0.1, 0.15) is 22.2 Å². The smallest absolute Gasteiger partial charge is 0.266 e. The van der Waals surface area contributed by atoms with Crippen molar-refractivity contribution in [3.05, 3.63) is 35.8 Å². The van der Waals surface area contributed by atoms with E-state index in [1.165, 1.54) is 24.6 Å². The maximum absolute atomic E-state index is 14.1. The minimum atomic E-state index is -4.08. The quantitative estimate of drug-likeness (QED) is 0.874. The Morgan fingerprint density at radius 3 is 2.74 bits per heavy atom. The van der Waals surface area contributed by atoms with E-state index in [1.54, 1.807) is 6.92 Å². The third-order valence-corrected chi connectivity index (χ3v) is 5.16. The number of aryl methyl sites for hydroxylation is 1. The van der Waals surface area contributed by atoms with Crippen molar-refractivity contribution < 1.29 is 22.1 Å². The molecular weight excluding hydrogens is 323 g/mol. The summed E-state index contributed by atoms with van der Waals surface area (Å²) in [6.07, 6.45) is 3.44. The number of nitrogens with zero attached hydrogens (tertiary/aromatic N) is 1. The Morgan fingerprint density at radius 2 is 2.17 bits per heavy atom. The highest BCUT2D eigenvalue weighted by Gasteiger charge is 2.22. The molecule has 1 saturated carbocycles. The molecular formula is C15H17FN2O4S. The first-order chi connectivity index (χ1) is 10.9. The van der Waals surface area contributed by atoms with E-state index in [4.69, 9.17) is 9.26 Å². The molecule has 0 spiro atoms. The molecule has 0 bridgehead atoms. The molecule has 124 valence electrons. The summed E-state index contributed by atoms with van der Waals surface area (Å²) < 4.78 is 51.0. The van der Waals surface area contributed by atoms with Gasteiger partial charge in [0.05, 0.1) is 6.61 Å². The fourth-order valence-electron chi connectivity index (χ4n) is 2.27. The summed E-state index contributed by atoms with van der Waals surface area (Å²) in [5.41, 5.74) is 0. The Labute approximate surface area is 133 Å². The number of ether oxygens (including phenoxy) is 1. The van der Waals surface area contributed by atoms with Crippen molar-refractivity contribution in [1.82, 2.24) is 5.16 Å². The Bertz CT molecular complexity index is 800. The van der Waals surface area contributed by atoms with Crippen molar-refractivity contribution in [2.75, 3.05) is 11.3 Å². The highest BCUT2D eigenvalue weighted by atomic mass is 32.2. The third kappa shape index (κ3) is 3.64. The van der Waals surface area contributed by atoms with Crippen LogP contribution in [0.1, 0.15) is 25.0 Å². The van der Waals surface area contributed by atoms with Gasteiger partial charge in [0, 0.05) is 12.1 Å². The highest BCUT2D eigenvalue weighted by Crippen LogP contribution is 2.28. The number of anilines is 1. The summed E-state index contributed by atoms with van der Waals surface area (Å²) in [6.45, 7) is 2.15. The fraction of sp³-hybridized carbons (Fsp3) is 0.400. The van der Waals surface area contributed by atoms with E-state index in [9.17, 15) is 12.8 Å². The molecule has 6 nitrogen and oxygen atoms in total. The molecule has 23 heavy (non-hydrogen) atoms. The maximum atomic E-state index is 14.1. The van der Waals surface area contributed by atoms with Crippen LogP contribution in [0.15, 0.2) is 33.7 Å². The van der Waals surface area contributed by atoms with Gasteiger partial charge in [-0.25, -0.2) is 12.8 Å². The molecule has 1 aliphatic rings. The average Bonchev–Trinajstić information content (AvgIpc) is 2.81. The SMILES string of the molecule is Cc1cc(NS(=O)(=O)c2ccc(OCC3CCC3)cc2F)no1. The zero-order valence-electron chi connectivity index (χ0n) is 12.6. The average molecular weight is 340 g/mol. The number of nitrogens with one attached hydrogen (secondary N) is 1. The van der Waals surface area contributed by atoms with Gasteiger partial charge in [-0.15, -0.1) is 0 Å². The second kappa shape index (κ2) is 6.19. The number of benzene rings is 1. The van der Waals surface area contributed by atoms with Gasteiger partial charge >= 0.3 is 0 Å². The summed E-state index contributed by atoms with van der Waals surface area (Å²) in [5.74, 6) is 0.420. The number of halogens is 1. The summed E-state index contributed by atoms with van der Waals surface area (Å²) in [5, 5.41) is 3.53. The van der Waals surface area contributed by atoms with E-state index in [1.807, 2.05) is 0 Å². The lowest BCUT2D eigenvalue weighted by atomic mass is 9.86. The molecule has 0 amide bonds. The van der Waals surface area contributed by atoms with Crippen molar-refractivity contribution in [2.24, 2.45) is 5.92 Å². The van der Waals surface area contributed by atoms with Crippen LogP contribution >= 0.6 is 0 Å². The van der Waals surface area contributed by atoms with Gasteiger partial charge in [0.15, 0.2) is 5.82 Å². The number of hydrogen-bond donors (Lipinski definition) is 1. The van der Waals surface area contributed by atoms with Crippen molar-refractivity contribution in [3.63, 3.8) is 0 Å². The van der Waals surface area contributed by atoms with Gasteiger partial charge in [-0.1, -0.05) is 11.6 Å². The Morgan fingerprint density at radius 1 is 1.39 bits per heavy atom. The lowest BCUT2D eigenvalue weighted by Crippen LogP contribution is -2.19. The van der Waals surface area contributed by atoms with E-state index in [-0.39, 0.29) is 5.82 Å². The zero-order valence-corrected chi connectivity index (χ0v) is 13.4. The highest BCUT2D eigenvalue weighted by molar-refractivity contribution is 7.92. The van der Waals surface area contributed by atoms with E-state index in [0.717, 1.165) is 18.9 Å². The molecule has 0 atom stereocenters. The molecule has 1 N–H and O–H groups in total. The van der Waals surface area contributed by atoms with E-state index >= 15 is 0 Å². The molecule has 3 rings (SSSR count). The van der Waals surface area contributed by atoms with Crippen LogP contribution in [0.5, 0.6) is 5.75 Å². The minimum absolute atomic E-state index is 0.00668. The zero-order chi connectivity index (χ0) is 16.4. The van der Waals surface area contributed by atoms with Crippen molar-refractivity contribution in [2.45, 2.75) is 31.1 Å². The molecule has 0 unspecified atom stereocenters. The van der Waals surface area contributed by atoms with Crippen LogP contribution in [0.4, 0.5) is 10.2 Å². The predicted molar refractivity (Wildman–Crippen MR) is 81.3 cm³/mol. The molecule has 0 saturated heterocycles. The number of sulfonamides is 1. The predicted octanol–water partition coefficient (Wildman–Crippen LogP) is 3.10. The molecule has 0 aliphatic heterocycles. The standard InChI is InChI=1S/C15H17FN2O4S/c1-10-7-15(17-22-10)18-23(19,20)14-6-5-12(8-13(14)16)21-9-11-3-2-4-11/h5-8,11H,2-4,9H2,1H3,(H,17,18). The van der Waals surface area contributed by atoms with Crippen molar-refractivity contribution in [1.29, 1.82) is 0 Å². The number of aromatic nitrogens is 1. The molecule has 1 fully saturated rings. The monoisotopic (exact) mass is 340 g/mol. The summed E-state index contributed by atoms with van der Waals surface area (Å²) >= 11 is 0. The maximum Gasteiger partial charge on any atom is 0.266 e. The number of rotatable bonds is 6. The van der Waals surface area contributed by atoms with Gasteiger partial charge in [-0.2, -0.15) is 0 Å². The van der Waals surface area contributed by atoms with Gasteiger partial charge in [-0.3, -0.25) is 4.72 Å². The van der Waals surface area contributed by atoms with E-state index in [0.29, 0.717) is 24.0 Å². The van der Waals surface area contributed by atoms with Crippen LogP contribution in [0, 0.1) is 18.7 Å². The van der Waals surface area contributed by atoms with Crippen LogP contribution in [-0.4, -0.2) is 20.2 Å². The van der Waals surface area contributed by atoms with Crippen molar-refractivity contribution >= 4 is 15.8 Å². The van der Waals surface area contributed by atoms with Gasteiger partial charge in [0.25, 0.3) is 10.0 Å². The second-order valence-corrected chi connectivity index (χ2v) is 7.28. The first-order valence-electron chi connectivity index (χ1n) is 7.32. The van der Waals surface area contributed by atoms with Crippen LogP contribution in [0.2, 0.25) is 0 Å². The Kier molecular flexibility index (Phi) is 4.25. The normalized spacial score (nSPS) is 15.2. The molecule has 1 aromatic carbocycles. The van der Waals surface area contributed by atoms with Gasteiger partial charge in [0.2, 0.25) is 0 Å². The topological polar surface area (TPSA) is 81.4 Å². The van der Waals surface area contributed by atoms with Crippen LogP contribution in [-0.2, 0) is 10.0 Å². The van der Waals surface area contributed by atoms with E-state index in [2.05, 4.69) is 9.88 Å². The van der Waals surface area contributed by atoms with E-state index < -0.39 is 20.7 Å². The molecule has 0 radical (unpaired) electrons. The lowest BCUT2D eigenvalue weighted by molar-refractivity contribution is 0.180. The van der Waals surface area contributed by atoms with Gasteiger partial charge in [-0.05, 0) is 37.8 Å². The first kappa shape index (κ1) is 15.8. The van der Waals surface area contributed by atoms with Crippen LogP contribution in [0.3, 0.4) is 0 Å². The summed E-state index contributed by atoms with van der Waals surface area (Å²) in [6, 6.07) is 5.12. The number of hydrogen-bond acceptors (Lipinski definition) is 5.